The molecule has 0 aromatic carbocycles. The zero-order valence-corrected chi connectivity index (χ0v) is 8.29. The first-order valence-corrected chi connectivity index (χ1v) is 3.87. The van der Waals surface area contributed by atoms with Gasteiger partial charge in [-0.05, 0) is 4.55 Å². The summed E-state index contributed by atoms with van der Waals surface area (Å²) in [6.45, 7) is 0. The molecule has 0 aliphatic heterocycles. The standard InChI is InChI=1S/H7N2O2P4/c3-2(6,7)1(5)8-4/h3H,5-7H2/q+1. The van der Waals surface area contributed by atoms with Gasteiger partial charge >= 0.3 is 8.61 Å². The summed E-state index contributed by atoms with van der Waals surface area (Å²) in [4.78, 5) is 0. The van der Waals surface area contributed by atoms with E-state index < -0.39 is 4.30 Å². The Balaban J connectivity index is 3.80. The minimum Gasteiger partial charge on any atom is -0.250 e. The molecule has 1 N–H and O–H groups in total. The van der Waals surface area contributed by atoms with Crippen LogP contribution in [-0.4, -0.2) is 14.1 Å². The Morgan fingerprint density at radius 1 is 1.62 bits per heavy atom. The van der Waals surface area contributed by atoms with E-state index >= 15 is 0 Å². The summed E-state index contributed by atoms with van der Waals surface area (Å²) in [5.41, 5.74) is 0. The summed E-state index contributed by atoms with van der Waals surface area (Å²) < 4.78 is 10.4. The van der Waals surface area contributed by atoms with Crippen LogP contribution < -0.4 is 0 Å². The number of hydrogen-bond acceptors (Lipinski definition) is 2. The molecule has 0 aromatic heterocycles. The molecule has 0 aliphatic carbocycles. The number of nitrogens with zero attached hydrogens (tertiary/aromatic N) is 2. The van der Waals surface area contributed by atoms with Crippen LogP contribution in [0.5, 0.6) is 0 Å². The van der Waals surface area contributed by atoms with Gasteiger partial charge in [0.2, 0.25) is 0 Å². The molecule has 0 saturated carbocycles. The van der Waals surface area contributed by atoms with Crippen LogP contribution in [-0.2, 0) is 4.57 Å². The van der Waals surface area contributed by atoms with E-state index in [1.807, 2.05) is 18.8 Å². The van der Waals surface area contributed by atoms with Crippen LogP contribution in [0.15, 0.2) is 0 Å². The van der Waals surface area contributed by atoms with Gasteiger partial charge in [0.25, 0.3) is 0 Å². The summed E-state index contributed by atoms with van der Waals surface area (Å²) in [5.74, 6) is 0. The van der Waals surface area contributed by atoms with E-state index in [2.05, 4.69) is 9.39 Å². The van der Waals surface area contributed by atoms with Crippen LogP contribution in [0.25, 0.3) is 0 Å². The third kappa shape index (κ3) is 3.33. The second-order valence-electron chi connectivity index (χ2n) is 1.10. The van der Waals surface area contributed by atoms with Crippen LogP contribution in [0.2, 0.25) is 0 Å². The van der Waals surface area contributed by atoms with Crippen molar-refractivity contribution in [1.29, 1.82) is 0 Å². The fourth-order valence-electron chi connectivity index (χ4n) is 0.0585. The molecule has 8 heteroatoms. The molecular weight excluding hydrogens is 184 g/mol. The Kier molecular flexibility index (Phi) is 3.99. The molecule has 48 valence electrons. The largest absolute Gasteiger partial charge is 0.308 e. The highest BCUT2D eigenvalue weighted by molar-refractivity contribution is 7.36. The highest BCUT2D eigenvalue weighted by atomic mass is 31.1. The molecule has 0 rings (SSSR count). The van der Waals surface area contributed by atoms with Crippen molar-refractivity contribution in [3.05, 3.63) is 0 Å². The zero-order chi connectivity index (χ0) is 6.78. The fraction of sp³-hybridized carbons (Fsp3) is 0. The van der Waals surface area contributed by atoms with Gasteiger partial charge in [-0.25, -0.2) is 0 Å². The smallest absolute Gasteiger partial charge is 0.250 e. The molecule has 0 aromatic rings. The van der Waals surface area contributed by atoms with Crippen LogP contribution >= 0.6 is 36.8 Å². The lowest BCUT2D eigenvalue weighted by atomic mass is 12.7. The first-order chi connectivity index (χ1) is 3.48. The molecule has 0 spiro atoms. The van der Waals surface area contributed by atoms with E-state index in [1.54, 1.807) is 0 Å². The van der Waals surface area contributed by atoms with Crippen molar-refractivity contribution in [2.75, 3.05) is 0 Å². The van der Waals surface area contributed by atoms with Gasteiger partial charge in [-0.2, -0.15) is 5.21 Å². The average molecular weight is 191 g/mol. The average Bonchev–Trinajstić information content (AvgIpc) is 1.62. The van der Waals surface area contributed by atoms with Crippen molar-refractivity contribution in [3.8, 4) is 0 Å². The first-order valence-electron chi connectivity index (χ1n) is 1.56. The Labute approximate surface area is 56.2 Å². The number of quaternary nitrogens is 1. The number of rotatable bonds is 2. The quantitative estimate of drug-likeness (QED) is 0.522. The van der Waals surface area contributed by atoms with Gasteiger partial charge in [0.05, 0.1) is 0 Å². The second-order valence-corrected chi connectivity index (χ2v) is 4.72. The van der Waals surface area contributed by atoms with Gasteiger partial charge in [0.15, 0.2) is 0 Å². The molecule has 0 aliphatic rings. The normalized spacial score (nSPS) is 13.1. The van der Waals surface area contributed by atoms with Crippen molar-refractivity contribution in [3.63, 3.8) is 0 Å². The summed E-state index contributed by atoms with van der Waals surface area (Å²) >= 11 is 0. The van der Waals surface area contributed by atoms with Crippen molar-refractivity contribution in [2.45, 2.75) is 0 Å². The third-order valence-electron chi connectivity index (χ3n) is 0.412. The lowest BCUT2D eigenvalue weighted by Gasteiger charge is -2.20. The molecule has 0 amide bonds. The second kappa shape index (κ2) is 3.44. The first kappa shape index (κ1) is 9.27. The third-order valence-corrected chi connectivity index (χ3v) is 2.94. The summed E-state index contributed by atoms with van der Waals surface area (Å²) in [7, 11) is 5.86. The van der Waals surface area contributed by atoms with E-state index in [4.69, 9.17) is 5.21 Å². The van der Waals surface area contributed by atoms with E-state index in [9.17, 15) is 4.57 Å². The number of hydrogen-bond donors (Lipinski definition) is 1. The molecule has 0 bridgehead atoms. The molecular formula is H7N2O2P4+. The van der Waals surface area contributed by atoms with Gasteiger partial charge in [-0.3, -0.25) is 4.57 Å². The SMILES string of the molecule is O=PN(P)[N+](O)(P)P. The van der Waals surface area contributed by atoms with Gasteiger partial charge < -0.3 is 0 Å². The van der Waals surface area contributed by atoms with Crippen LogP contribution in [0.4, 0.5) is 0 Å². The fourth-order valence-corrected chi connectivity index (χ4v) is 0.428. The minimum atomic E-state index is -0.615. The van der Waals surface area contributed by atoms with E-state index in [0.717, 1.165) is 4.55 Å². The van der Waals surface area contributed by atoms with Crippen molar-refractivity contribution >= 4 is 36.8 Å². The Morgan fingerprint density at radius 2 is 2.00 bits per heavy atom. The molecule has 4 nitrogen and oxygen atoms in total. The minimum absolute atomic E-state index is 0.266. The van der Waals surface area contributed by atoms with E-state index in [1.165, 1.54) is 0 Å². The monoisotopic (exact) mass is 191 g/mol. The molecule has 3 unspecified atom stereocenters. The Morgan fingerprint density at radius 3 is 2.00 bits per heavy atom. The highest BCUT2D eigenvalue weighted by Crippen LogP contribution is 2.31. The van der Waals surface area contributed by atoms with Gasteiger partial charge in [0, 0.05) is 9.39 Å². The molecule has 0 saturated heterocycles. The Hall–Kier alpha value is 1.27. The maximum atomic E-state index is 9.95. The maximum absolute atomic E-state index is 9.95. The summed E-state index contributed by atoms with van der Waals surface area (Å²) in [6.07, 6.45) is 0. The predicted octanol–water partition coefficient (Wildman–Crippen LogP) is 0.986. The lowest BCUT2D eigenvalue weighted by molar-refractivity contribution is -0.951. The molecule has 0 heterocycles. The van der Waals surface area contributed by atoms with Gasteiger partial charge in [-0.15, -0.1) is 0 Å². The topological polar surface area (TPSA) is 40.5 Å². The highest BCUT2D eigenvalue weighted by Gasteiger charge is 2.19. The maximum Gasteiger partial charge on any atom is 0.308 e. The molecule has 0 fully saturated rings. The predicted molar refractivity (Wildman–Crippen MR) is 40.6 cm³/mol. The Bertz CT molecular complexity index is 86.5. The lowest BCUT2D eigenvalue weighted by Crippen LogP contribution is -2.26. The summed E-state index contributed by atoms with van der Waals surface area (Å²) in [5, 5.41) is 8.85. The van der Waals surface area contributed by atoms with Crippen LogP contribution in [0, 0.1) is 0 Å². The van der Waals surface area contributed by atoms with Crippen LogP contribution in [0.1, 0.15) is 0 Å². The van der Waals surface area contributed by atoms with Crippen LogP contribution in [0.3, 0.4) is 0 Å². The van der Waals surface area contributed by atoms with Gasteiger partial charge in [-0.1, -0.05) is 4.30 Å². The van der Waals surface area contributed by atoms with Gasteiger partial charge in [0.1, 0.15) is 18.8 Å². The molecule has 3 atom stereocenters. The van der Waals surface area contributed by atoms with E-state index in [-0.39, 0.29) is 8.61 Å². The molecule has 0 radical (unpaired) electrons. The van der Waals surface area contributed by atoms with Crippen molar-refractivity contribution in [2.24, 2.45) is 0 Å². The van der Waals surface area contributed by atoms with E-state index in [0.29, 0.717) is 0 Å². The van der Waals surface area contributed by atoms with Crippen molar-refractivity contribution in [1.82, 2.24) is 4.55 Å². The van der Waals surface area contributed by atoms with Crippen molar-refractivity contribution < 1.29 is 14.1 Å². The summed E-state index contributed by atoms with van der Waals surface area (Å²) in [6, 6.07) is 0. The zero-order valence-electron chi connectivity index (χ0n) is 3.93. The molecule has 8 heavy (non-hydrogen) atoms.